The van der Waals surface area contributed by atoms with Gasteiger partial charge in [0.1, 0.15) is 0 Å². The third-order valence-electron chi connectivity index (χ3n) is 4.83. The molecule has 1 amide bonds. The highest BCUT2D eigenvalue weighted by molar-refractivity contribution is 5.83. The molecule has 100 valence electrons. The topological polar surface area (TPSA) is 60.9 Å². The van der Waals surface area contributed by atoms with E-state index in [0.717, 1.165) is 51.6 Å². The Morgan fingerprint density at radius 3 is 2.67 bits per heavy atom. The second kappa shape index (κ2) is 4.23. The number of fused-ring (bicyclic) bond motifs is 1. The Morgan fingerprint density at radius 2 is 2.06 bits per heavy atom. The van der Waals surface area contributed by atoms with Gasteiger partial charge in [0.25, 0.3) is 0 Å². The molecule has 5 nitrogen and oxygen atoms in total. The number of piperidine rings is 1. The lowest BCUT2D eigenvalue weighted by Gasteiger charge is -2.43. The number of amides is 1. The number of aliphatic carboxylic acids is 1. The molecule has 1 saturated carbocycles. The average molecular weight is 252 g/mol. The first-order valence-corrected chi connectivity index (χ1v) is 6.91. The average Bonchev–Trinajstić information content (AvgIpc) is 3.12. The van der Waals surface area contributed by atoms with Crippen molar-refractivity contribution in [2.75, 3.05) is 13.1 Å². The van der Waals surface area contributed by atoms with Crippen LogP contribution in [0.3, 0.4) is 0 Å². The third kappa shape index (κ3) is 1.56. The van der Waals surface area contributed by atoms with Gasteiger partial charge in [0.15, 0.2) is 5.54 Å². The predicted molar refractivity (Wildman–Crippen MR) is 65.1 cm³/mol. The Balaban J connectivity index is 1.95. The highest BCUT2D eigenvalue weighted by Crippen LogP contribution is 2.43. The summed E-state index contributed by atoms with van der Waals surface area (Å²) in [4.78, 5) is 27.2. The van der Waals surface area contributed by atoms with Crippen molar-refractivity contribution in [3.8, 4) is 0 Å². The molecule has 2 aliphatic heterocycles. The van der Waals surface area contributed by atoms with Crippen LogP contribution in [-0.4, -0.2) is 58.0 Å². The number of hydrogen-bond acceptors (Lipinski definition) is 3. The summed E-state index contributed by atoms with van der Waals surface area (Å²) in [7, 11) is 0. The molecule has 0 spiro atoms. The molecule has 3 aliphatic rings. The van der Waals surface area contributed by atoms with Gasteiger partial charge < -0.3 is 10.0 Å². The number of carbonyl (C=O) groups is 2. The Bertz CT molecular complexity index is 369. The minimum atomic E-state index is -0.955. The number of hydrogen-bond donors (Lipinski definition) is 1. The monoisotopic (exact) mass is 252 g/mol. The van der Waals surface area contributed by atoms with Crippen molar-refractivity contribution >= 4 is 12.4 Å². The summed E-state index contributed by atoms with van der Waals surface area (Å²) in [5.41, 5.74) is -0.955. The molecule has 2 saturated heterocycles. The quantitative estimate of drug-likeness (QED) is 0.748. The smallest absolute Gasteiger partial charge is 0.331 e. The van der Waals surface area contributed by atoms with E-state index in [4.69, 9.17) is 0 Å². The molecule has 3 rings (SSSR count). The van der Waals surface area contributed by atoms with Crippen LogP contribution in [-0.2, 0) is 9.59 Å². The van der Waals surface area contributed by atoms with E-state index in [-0.39, 0.29) is 12.1 Å². The van der Waals surface area contributed by atoms with Crippen LogP contribution in [0.25, 0.3) is 0 Å². The molecule has 0 aromatic carbocycles. The zero-order valence-electron chi connectivity index (χ0n) is 10.5. The van der Waals surface area contributed by atoms with Gasteiger partial charge in [-0.1, -0.05) is 6.42 Å². The summed E-state index contributed by atoms with van der Waals surface area (Å²) in [6.07, 6.45) is 6.42. The summed E-state index contributed by atoms with van der Waals surface area (Å²) >= 11 is 0. The van der Waals surface area contributed by atoms with Crippen molar-refractivity contribution in [1.29, 1.82) is 0 Å². The molecule has 0 bridgehead atoms. The maximum Gasteiger partial charge on any atom is 0.331 e. The van der Waals surface area contributed by atoms with Crippen LogP contribution >= 0.6 is 0 Å². The highest BCUT2D eigenvalue weighted by atomic mass is 16.4. The molecular formula is C13H20N2O3. The Hall–Kier alpha value is -1.10. The predicted octanol–water partition coefficient (Wildman–Crippen LogP) is 0.689. The summed E-state index contributed by atoms with van der Waals surface area (Å²) in [6, 6.07) is 0.190. The van der Waals surface area contributed by atoms with Gasteiger partial charge in [-0.25, -0.2) is 4.79 Å². The van der Waals surface area contributed by atoms with Crippen LogP contribution in [0.15, 0.2) is 0 Å². The summed E-state index contributed by atoms with van der Waals surface area (Å²) in [5, 5.41) is 9.75. The number of carboxylic acids is 1. The molecule has 18 heavy (non-hydrogen) atoms. The first kappa shape index (κ1) is 12.0. The van der Waals surface area contributed by atoms with Gasteiger partial charge in [0.2, 0.25) is 6.41 Å². The van der Waals surface area contributed by atoms with Crippen LogP contribution in [0, 0.1) is 0 Å². The van der Waals surface area contributed by atoms with Crippen molar-refractivity contribution < 1.29 is 14.7 Å². The Labute approximate surface area is 107 Å². The lowest BCUT2D eigenvalue weighted by Crippen LogP contribution is -2.62. The highest BCUT2D eigenvalue weighted by Gasteiger charge is 2.59. The SMILES string of the molecule is O=CN(C1CC1)C1(C(=O)O)CCN2CCCCC21. The summed E-state index contributed by atoms with van der Waals surface area (Å²) in [5.74, 6) is -0.809. The van der Waals surface area contributed by atoms with Gasteiger partial charge >= 0.3 is 5.97 Å². The molecule has 2 unspecified atom stereocenters. The van der Waals surface area contributed by atoms with E-state index in [0.29, 0.717) is 6.42 Å². The molecule has 5 heteroatoms. The summed E-state index contributed by atoms with van der Waals surface area (Å²) in [6.45, 7) is 1.80. The van der Waals surface area contributed by atoms with Gasteiger partial charge in [0, 0.05) is 18.6 Å². The van der Waals surface area contributed by atoms with Crippen LogP contribution in [0.1, 0.15) is 38.5 Å². The molecule has 3 fully saturated rings. The fourth-order valence-corrected chi connectivity index (χ4v) is 3.80. The maximum atomic E-state index is 11.9. The van der Waals surface area contributed by atoms with Gasteiger partial charge in [-0.15, -0.1) is 0 Å². The lowest BCUT2D eigenvalue weighted by molar-refractivity contribution is -0.158. The van der Waals surface area contributed by atoms with E-state index in [1.54, 1.807) is 4.90 Å². The Morgan fingerprint density at radius 1 is 1.28 bits per heavy atom. The largest absolute Gasteiger partial charge is 0.479 e. The van der Waals surface area contributed by atoms with Gasteiger partial charge in [-0.3, -0.25) is 9.69 Å². The molecule has 1 N–H and O–H groups in total. The molecule has 0 aromatic heterocycles. The van der Waals surface area contributed by atoms with Crippen molar-refractivity contribution in [3.63, 3.8) is 0 Å². The van der Waals surface area contributed by atoms with Crippen LogP contribution in [0.5, 0.6) is 0 Å². The summed E-state index contributed by atoms with van der Waals surface area (Å²) < 4.78 is 0. The van der Waals surface area contributed by atoms with Gasteiger partial charge in [0.05, 0.1) is 0 Å². The minimum Gasteiger partial charge on any atom is -0.479 e. The Kier molecular flexibility index (Phi) is 2.81. The van der Waals surface area contributed by atoms with E-state index >= 15 is 0 Å². The fourth-order valence-electron chi connectivity index (χ4n) is 3.80. The molecule has 0 aromatic rings. The van der Waals surface area contributed by atoms with Crippen molar-refractivity contribution in [2.45, 2.75) is 56.1 Å². The van der Waals surface area contributed by atoms with Crippen LogP contribution in [0.2, 0.25) is 0 Å². The molecule has 1 aliphatic carbocycles. The van der Waals surface area contributed by atoms with E-state index < -0.39 is 11.5 Å². The number of nitrogens with zero attached hydrogens (tertiary/aromatic N) is 2. The second-order valence-corrected chi connectivity index (χ2v) is 5.77. The van der Waals surface area contributed by atoms with Gasteiger partial charge in [-0.2, -0.15) is 0 Å². The first-order valence-electron chi connectivity index (χ1n) is 6.91. The van der Waals surface area contributed by atoms with Crippen LogP contribution in [0.4, 0.5) is 0 Å². The fraction of sp³-hybridized carbons (Fsp3) is 0.846. The van der Waals surface area contributed by atoms with Gasteiger partial charge in [-0.05, 0) is 38.6 Å². The van der Waals surface area contributed by atoms with Crippen molar-refractivity contribution in [1.82, 2.24) is 9.80 Å². The molecule has 2 atom stereocenters. The van der Waals surface area contributed by atoms with E-state index in [1.165, 1.54) is 0 Å². The van der Waals surface area contributed by atoms with Crippen molar-refractivity contribution in [3.05, 3.63) is 0 Å². The zero-order valence-corrected chi connectivity index (χ0v) is 10.5. The minimum absolute atomic E-state index is 0.0227. The lowest BCUT2D eigenvalue weighted by atomic mass is 9.84. The third-order valence-corrected chi connectivity index (χ3v) is 4.83. The number of carbonyl (C=O) groups excluding carboxylic acids is 1. The maximum absolute atomic E-state index is 11.9. The second-order valence-electron chi connectivity index (χ2n) is 5.77. The molecule has 0 radical (unpaired) electrons. The number of rotatable bonds is 4. The normalized spacial score (nSPS) is 36.1. The van der Waals surface area contributed by atoms with Crippen LogP contribution < -0.4 is 0 Å². The molecule has 2 heterocycles. The molecular weight excluding hydrogens is 232 g/mol. The van der Waals surface area contributed by atoms with E-state index in [2.05, 4.69) is 4.90 Å². The standard InChI is InChI=1S/C13H20N2O3/c16-9-15(10-4-5-10)13(12(17)18)6-8-14-7-2-1-3-11(13)14/h9-11H,1-8H2,(H,17,18). The zero-order chi connectivity index (χ0) is 12.8. The first-order chi connectivity index (χ1) is 8.70. The van der Waals surface area contributed by atoms with E-state index in [1.807, 2.05) is 0 Å². The van der Waals surface area contributed by atoms with E-state index in [9.17, 15) is 14.7 Å². The van der Waals surface area contributed by atoms with Crippen molar-refractivity contribution in [2.24, 2.45) is 0 Å². The number of carboxylic acid groups (broad SMARTS) is 1.